The normalized spacial score (nSPS) is 10.8. The first-order valence-electron chi connectivity index (χ1n) is 9.07. The number of nitrogens with one attached hydrogen (secondary N) is 1. The zero-order chi connectivity index (χ0) is 19.9. The maximum atomic E-state index is 12.6. The van der Waals surface area contributed by atoms with Crippen molar-refractivity contribution < 1.29 is 0 Å². The standard InChI is InChI=1S/C23H22N4O/c1-17-20(13-24)23(28)27(2)22(26-15-19-11-7-4-8-12-19)21(17)16-25-14-18-9-5-3-6-10-18/h3-12,16,26H,14-15H2,1-2H3. The number of aliphatic imine (C=N–C) groups is 1. The Morgan fingerprint density at radius 3 is 2.29 bits per heavy atom. The highest BCUT2D eigenvalue weighted by Gasteiger charge is 2.16. The Morgan fingerprint density at radius 1 is 1.07 bits per heavy atom. The highest BCUT2D eigenvalue weighted by atomic mass is 16.1. The Balaban J connectivity index is 1.96. The van der Waals surface area contributed by atoms with Crippen LogP contribution >= 0.6 is 0 Å². The topological polar surface area (TPSA) is 70.2 Å². The number of aromatic nitrogens is 1. The average Bonchev–Trinajstić information content (AvgIpc) is 2.73. The summed E-state index contributed by atoms with van der Waals surface area (Å²) < 4.78 is 1.48. The minimum Gasteiger partial charge on any atom is -0.367 e. The molecular weight excluding hydrogens is 348 g/mol. The van der Waals surface area contributed by atoms with E-state index >= 15 is 0 Å². The predicted octanol–water partition coefficient (Wildman–Crippen LogP) is 3.80. The van der Waals surface area contributed by atoms with Crippen LogP contribution in [0.4, 0.5) is 5.82 Å². The van der Waals surface area contributed by atoms with E-state index in [-0.39, 0.29) is 11.1 Å². The first kappa shape index (κ1) is 19.1. The molecule has 28 heavy (non-hydrogen) atoms. The summed E-state index contributed by atoms with van der Waals surface area (Å²) in [5, 5.41) is 12.8. The molecule has 0 saturated heterocycles. The molecule has 0 aliphatic carbocycles. The Bertz CT molecular complexity index is 1080. The van der Waals surface area contributed by atoms with Crippen molar-refractivity contribution >= 4 is 12.0 Å². The molecule has 3 rings (SSSR count). The van der Waals surface area contributed by atoms with Crippen LogP contribution in [-0.2, 0) is 20.1 Å². The number of nitriles is 1. The highest BCUT2D eigenvalue weighted by Crippen LogP contribution is 2.19. The molecule has 0 unspecified atom stereocenters. The van der Waals surface area contributed by atoms with Crippen molar-refractivity contribution in [3.63, 3.8) is 0 Å². The predicted molar refractivity (Wildman–Crippen MR) is 113 cm³/mol. The van der Waals surface area contributed by atoms with Crippen LogP contribution in [0.2, 0.25) is 0 Å². The summed E-state index contributed by atoms with van der Waals surface area (Å²) in [5.74, 6) is 0.655. The van der Waals surface area contributed by atoms with Gasteiger partial charge in [-0.15, -0.1) is 0 Å². The third-order valence-corrected chi connectivity index (χ3v) is 4.64. The second-order valence-electron chi connectivity index (χ2n) is 6.53. The van der Waals surface area contributed by atoms with Gasteiger partial charge in [0.05, 0.1) is 6.54 Å². The van der Waals surface area contributed by atoms with Crippen molar-refractivity contribution in [1.82, 2.24) is 4.57 Å². The van der Waals surface area contributed by atoms with Gasteiger partial charge in [-0.2, -0.15) is 5.26 Å². The SMILES string of the molecule is Cc1c(C=NCc2ccccc2)c(NCc2ccccc2)n(C)c(=O)c1C#N. The molecule has 5 nitrogen and oxygen atoms in total. The summed E-state index contributed by atoms with van der Waals surface area (Å²) in [7, 11) is 1.67. The average molecular weight is 370 g/mol. The molecule has 1 heterocycles. The lowest BCUT2D eigenvalue weighted by molar-refractivity contribution is 0.844. The van der Waals surface area contributed by atoms with Crippen LogP contribution in [0.25, 0.3) is 0 Å². The van der Waals surface area contributed by atoms with E-state index in [4.69, 9.17) is 0 Å². The molecule has 0 aliphatic rings. The maximum Gasteiger partial charge on any atom is 0.270 e. The van der Waals surface area contributed by atoms with E-state index in [1.807, 2.05) is 66.7 Å². The molecule has 2 aromatic carbocycles. The number of nitrogens with zero attached hydrogens (tertiary/aromatic N) is 3. The van der Waals surface area contributed by atoms with Crippen molar-refractivity contribution in [2.75, 3.05) is 5.32 Å². The molecule has 0 fully saturated rings. The van der Waals surface area contributed by atoms with Gasteiger partial charge in [-0.1, -0.05) is 60.7 Å². The fourth-order valence-corrected chi connectivity index (χ4v) is 3.03. The van der Waals surface area contributed by atoms with Gasteiger partial charge in [0.2, 0.25) is 0 Å². The highest BCUT2D eigenvalue weighted by molar-refractivity contribution is 5.89. The van der Waals surface area contributed by atoms with E-state index in [0.29, 0.717) is 24.5 Å². The van der Waals surface area contributed by atoms with Crippen molar-refractivity contribution in [2.45, 2.75) is 20.0 Å². The Kier molecular flexibility index (Phi) is 6.03. The van der Waals surface area contributed by atoms with Gasteiger partial charge in [0.15, 0.2) is 0 Å². The third-order valence-electron chi connectivity index (χ3n) is 4.64. The molecule has 1 aromatic heterocycles. The molecule has 0 aliphatic heterocycles. The summed E-state index contributed by atoms with van der Waals surface area (Å²) >= 11 is 0. The lowest BCUT2D eigenvalue weighted by atomic mass is 10.1. The van der Waals surface area contributed by atoms with Gasteiger partial charge in [-0.05, 0) is 23.6 Å². The third kappa shape index (κ3) is 4.18. The molecule has 3 aromatic rings. The maximum absolute atomic E-state index is 12.6. The van der Waals surface area contributed by atoms with Crippen LogP contribution in [0.3, 0.4) is 0 Å². The largest absolute Gasteiger partial charge is 0.367 e. The number of rotatable bonds is 6. The number of hydrogen-bond donors (Lipinski definition) is 1. The fraction of sp³-hybridized carbons (Fsp3) is 0.174. The zero-order valence-corrected chi connectivity index (χ0v) is 16.0. The van der Waals surface area contributed by atoms with Gasteiger partial charge in [-0.3, -0.25) is 14.4 Å². The molecular formula is C23H22N4O. The molecule has 5 heteroatoms. The fourth-order valence-electron chi connectivity index (χ4n) is 3.03. The first-order chi connectivity index (χ1) is 13.6. The van der Waals surface area contributed by atoms with Crippen LogP contribution in [0.1, 0.15) is 27.8 Å². The minimum absolute atomic E-state index is 0.147. The van der Waals surface area contributed by atoms with E-state index in [1.54, 1.807) is 20.2 Å². The Morgan fingerprint density at radius 2 is 1.68 bits per heavy atom. The Labute approximate surface area is 164 Å². The van der Waals surface area contributed by atoms with Crippen molar-refractivity contribution in [2.24, 2.45) is 12.0 Å². The smallest absolute Gasteiger partial charge is 0.270 e. The molecule has 0 saturated carbocycles. The van der Waals surface area contributed by atoms with E-state index in [2.05, 4.69) is 10.3 Å². The zero-order valence-electron chi connectivity index (χ0n) is 16.0. The molecule has 1 N–H and O–H groups in total. The molecule has 0 radical (unpaired) electrons. The van der Waals surface area contributed by atoms with Gasteiger partial charge in [-0.25, -0.2) is 0 Å². The molecule has 0 bridgehead atoms. The summed E-state index contributed by atoms with van der Waals surface area (Å²) in [6, 6.07) is 21.9. The van der Waals surface area contributed by atoms with Crippen LogP contribution in [-0.4, -0.2) is 10.8 Å². The lowest BCUT2D eigenvalue weighted by Crippen LogP contribution is -2.26. The number of benzene rings is 2. The monoisotopic (exact) mass is 370 g/mol. The first-order valence-corrected chi connectivity index (χ1v) is 9.07. The van der Waals surface area contributed by atoms with Gasteiger partial charge in [0.25, 0.3) is 5.56 Å². The summed E-state index contributed by atoms with van der Waals surface area (Å²) in [6.07, 6.45) is 1.75. The summed E-state index contributed by atoms with van der Waals surface area (Å²) in [5.41, 5.74) is 3.43. The lowest BCUT2D eigenvalue weighted by Gasteiger charge is -2.17. The number of anilines is 1. The van der Waals surface area contributed by atoms with Crippen molar-refractivity contribution in [3.05, 3.63) is 98.8 Å². The Hall–Kier alpha value is -3.65. The summed E-state index contributed by atoms with van der Waals surface area (Å²) in [4.78, 5) is 17.1. The summed E-state index contributed by atoms with van der Waals surface area (Å²) in [6.45, 7) is 2.89. The van der Waals surface area contributed by atoms with Crippen LogP contribution in [0, 0.1) is 18.3 Å². The second kappa shape index (κ2) is 8.83. The van der Waals surface area contributed by atoms with E-state index < -0.39 is 0 Å². The van der Waals surface area contributed by atoms with Crippen LogP contribution < -0.4 is 10.9 Å². The van der Waals surface area contributed by atoms with Crippen LogP contribution in [0.5, 0.6) is 0 Å². The van der Waals surface area contributed by atoms with Gasteiger partial charge in [0.1, 0.15) is 17.5 Å². The minimum atomic E-state index is -0.309. The number of pyridine rings is 1. The molecule has 140 valence electrons. The molecule has 0 amide bonds. The van der Waals surface area contributed by atoms with Gasteiger partial charge in [0, 0.05) is 25.4 Å². The number of hydrogen-bond acceptors (Lipinski definition) is 4. The van der Waals surface area contributed by atoms with Crippen molar-refractivity contribution in [3.8, 4) is 6.07 Å². The van der Waals surface area contributed by atoms with Crippen molar-refractivity contribution in [1.29, 1.82) is 5.26 Å². The van der Waals surface area contributed by atoms with Crippen LogP contribution in [0.15, 0.2) is 70.5 Å². The second-order valence-corrected chi connectivity index (χ2v) is 6.53. The van der Waals surface area contributed by atoms with E-state index in [9.17, 15) is 10.1 Å². The molecule has 0 atom stereocenters. The van der Waals surface area contributed by atoms with Gasteiger partial charge < -0.3 is 5.32 Å². The van der Waals surface area contributed by atoms with E-state index in [1.165, 1.54) is 4.57 Å². The quantitative estimate of drug-likeness (QED) is 0.671. The van der Waals surface area contributed by atoms with E-state index in [0.717, 1.165) is 16.7 Å². The van der Waals surface area contributed by atoms with Gasteiger partial charge >= 0.3 is 0 Å². The molecule has 0 spiro atoms.